The maximum atomic E-state index is 13.3. The molecule has 2 amide bonds. The minimum Gasteiger partial charge on any atom is -0.497 e. The van der Waals surface area contributed by atoms with Crippen molar-refractivity contribution in [3.05, 3.63) is 90.0 Å². The van der Waals surface area contributed by atoms with Gasteiger partial charge in [0.2, 0.25) is 11.8 Å². The summed E-state index contributed by atoms with van der Waals surface area (Å²) in [7, 11) is 1.54. The molecule has 168 valence electrons. The lowest BCUT2D eigenvalue weighted by Crippen LogP contribution is -2.40. The molecule has 0 aromatic heterocycles. The second kappa shape index (κ2) is 10.1. The molecule has 0 radical (unpaired) electrons. The van der Waals surface area contributed by atoms with Crippen molar-refractivity contribution >= 4 is 29.0 Å². The first-order chi connectivity index (χ1) is 16.1. The van der Waals surface area contributed by atoms with Gasteiger partial charge in [0.1, 0.15) is 11.7 Å². The first kappa shape index (κ1) is 22.3. The molecule has 6 nitrogen and oxygen atoms in total. The summed E-state index contributed by atoms with van der Waals surface area (Å²) in [6.45, 7) is 0.569. The fraction of sp³-hybridized carbons (Fsp3) is 0.222. The highest BCUT2D eigenvalue weighted by Gasteiger charge is 2.33. The molecular formula is C27H26N2O4. The van der Waals surface area contributed by atoms with E-state index in [1.807, 2.05) is 24.3 Å². The Balaban J connectivity index is 1.59. The van der Waals surface area contributed by atoms with Crippen molar-refractivity contribution in [2.45, 2.75) is 19.3 Å². The van der Waals surface area contributed by atoms with Crippen molar-refractivity contribution in [1.29, 1.82) is 0 Å². The number of ketones is 1. The zero-order chi connectivity index (χ0) is 23.2. The molecule has 1 N–H and O–H groups in total. The lowest BCUT2D eigenvalue weighted by Gasteiger charge is -2.30. The van der Waals surface area contributed by atoms with Crippen LogP contribution in [-0.2, 0) is 16.0 Å². The van der Waals surface area contributed by atoms with Gasteiger partial charge in [0.05, 0.1) is 7.11 Å². The fourth-order valence-electron chi connectivity index (χ4n) is 4.12. The SMILES string of the molecule is COc1cccc(NC(=O)C(CC(=O)N2CCCc3ccccc32)C(=O)c2ccccc2)c1. The van der Waals surface area contributed by atoms with Crippen LogP contribution in [0.1, 0.15) is 28.8 Å². The molecule has 0 aliphatic carbocycles. The maximum absolute atomic E-state index is 13.3. The summed E-state index contributed by atoms with van der Waals surface area (Å²) >= 11 is 0. The number of nitrogens with zero attached hydrogens (tertiary/aromatic N) is 1. The zero-order valence-corrected chi connectivity index (χ0v) is 18.5. The van der Waals surface area contributed by atoms with Crippen LogP contribution in [0.3, 0.4) is 0 Å². The van der Waals surface area contributed by atoms with Crippen molar-refractivity contribution in [3.8, 4) is 5.75 Å². The van der Waals surface area contributed by atoms with Crippen LogP contribution < -0.4 is 15.0 Å². The van der Waals surface area contributed by atoms with Crippen LogP contribution in [0, 0.1) is 5.92 Å². The Hall–Kier alpha value is -3.93. The van der Waals surface area contributed by atoms with Gasteiger partial charge in [-0.25, -0.2) is 0 Å². The van der Waals surface area contributed by atoms with Gasteiger partial charge in [0, 0.05) is 36.0 Å². The number of carbonyl (C=O) groups is 3. The number of carbonyl (C=O) groups excluding carboxylic acids is 3. The Labute approximate surface area is 193 Å². The summed E-state index contributed by atoms with van der Waals surface area (Å²) in [5.41, 5.74) is 2.85. The number of amides is 2. The van der Waals surface area contributed by atoms with Gasteiger partial charge in [-0.15, -0.1) is 0 Å². The molecule has 4 rings (SSSR count). The predicted molar refractivity (Wildman–Crippen MR) is 128 cm³/mol. The van der Waals surface area contributed by atoms with E-state index in [-0.39, 0.29) is 18.1 Å². The number of Topliss-reactive ketones (excluding diaryl/α,β-unsaturated/α-hetero) is 1. The molecule has 0 saturated carbocycles. The van der Waals surface area contributed by atoms with Crippen LogP contribution in [-0.4, -0.2) is 31.3 Å². The van der Waals surface area contributed by atoms with Gasteiger partial charge in [-0.1, -0.05) is 54.6 Å². The minimum atomic E-state index is -1.15. The second-order valence-corrected chi connectivity index (χ2v) is 7.99. The minimum absolute atomic E-state index is 0.210. The highest BCUT2D eigenvalue weighted by Crippen LogP contribution is 2.29. The molecule has 1 aliphatic rings. The van der Waals surface area contributed by atoms with Crippen molar-refractivity contribution in [1.82, 2.24) is 0 Å². The summed E-state index contributed by atoms with van der Waals surface area (Å²) in [6.07, 6.45) is 1.54. The summed E-state index contributed by atoms with van der Waals surface area (Å²) < 4.78 is 5.21. The van der Waals surface area contributed by atoms with Gasteiger partial charge >= 0.3 is 0 Å². The third-order valence-corrected chi connectivity index (χ3v) is 5.82. The molecule has 0 bridgehead atoms. The van der Waals surface area contributed by atoms with E-state index in [0.29, 0.717) is 23.5 Å². The number of fused-ring (bicyclic) bond motifs is 1. The van der Waals surface area contributed by atoms with E-state index in [1.54, 1.807) is 59.5 Å². The third-order valence-electron chi connectivity index (χ3n) is 5.82. The van der Waals surface area contributed by atoms with E-state index in [1.165, 1.54) is 7.11 Å². The van der Waals surface area contributed by atoms with Gasteiger partial charge in [0.25, 0.3) is 0 Å². The maximum Gasteiger partial charge on any atom is 0.235 e. The molecule has 3 aromatic carbocycles. The molecule has 3 aromatic rings. The van der Waals surface area contributed by atoms with E-state index in [4.69, 9.17) is 4.74 Å². The number of aryl methyl sites for hydroxylation is 1. The normalized spacial score (nSPS) is 13.5. The molecular weight excluding hydrogens is 416 g/mol. The number of methoxy groups -OCH3 is 1. The molecule has 6 heteroatoms. The Bertz CT molecular complexity index is 1160. The summed E-state index contributed by atoms with van der Waals surface area (Å²) in [4.78, 5) is 41.6. The van der Waals surface area contributed by atoms with E-state index in [9.17, 15) is 14.4 Å². The molecule has 1 heterocycles. The van der Waals surface area contributed by atoms with E-state index in [2.05, 4.69) is 5.32 Å². The molecule has 1 atom stereocenters. The van der Waals surface area contributed by atoms with Crippen LogP contribution in [0.25, 0.3) is 0 Å². The zero-order valence-electron chi connectivity index (χ0n) is 18.5. The number of nitrogens with one attached hydrogen (secondary N) is 1. The number of ether oxygens (including phenoxy) is 1. The van der Waals surface area contributed by atoms with E-state index < -0.39 is 11.8 Å². The first-order valence-electron chi connectivity index (χ1n) is 11.0. The third kappa shape index (κ3) is 5.12. The van der Waals surface area contributed by atoms with E-state index >= 15 is 0 Å². The lowest BCUT2D eigenvalue weighted by atomic mass is 9.92. The van der Waals surface area contributed by atoms with Gasteiger partial charge in [-0.3, -0.25) is 14.4 Å². The highest BCUT2D eigenvalue weighted by molar-refractivity contribution is 6.16. The number of rotatable bonds is 7. The number of hydrogen-bond acceptors (Lipinski definition) is 4. The van der Waals surface area contributed by atoms with Crippen LogP contribution >= 0.6 is 0 Å². The summed E-state index contributed by atoms with van der Waals surface area (Å²) in [5.74, 6) is -1.71. The number of para-hydroxylation sites is 1. The van der Waals surface area contributed by atoms with Crippen molar-refractivity contribution in [2.75, 3.05) is 23.9 Å². The molecule has 33 heavy (non-hydrogen) atoms. The van der Waals surface area contributed by atoms with Crippen LogP contribution in [0.4, 0.5) is 11.4 Å². The van der Waals surface area contributed by atoms with E-state index in [0.717, 1.165) is 24.1 Å². The number of benzene rings is 3. The predicted octanol–water partition coefficient (Wildman–Crippen LogP) is 4.50. The quantitative estimate of drug-likeness (QED) is 0.432. The van der Waals surface area contributed by atoms with Gasteiger partial charge in [-0.05, 0) is 36.6 Å². The van der Waals surface area contributed by atoms with Crippen LogP contribution in [0.2, 0.25) is 0 Å². The second-order valence-electron chi connectivity index (χ2n) is 7.99. The smallest absolute Gasteiger partial charge is 0.235 e. The average molecular weight is 443 g/mol. The van der Waals surface area contributed by atoms with Gasteiger partial charge in [-0.2, -0.15) is 0 Å². The Morgan fingerprint density at radius 2 is 1.73 bits per heavy atom. The summed E-state index contributed by atoms with van der Waals surface area (Å²) in [6, 6.07) is 23.3. The number of hydrogen-bond donors (Lipinski definition) is 1. The fourth-order valence-corrected chi connectivity index (χ4v) is 4.12. The van der Waals surface area contributed by atoms with Crippen LogP contribution in [0.15, 0.2) is 78.9 Å². The summed E-state index contributed by atoms with van der Waals surface area (Å²) in [5, 5.41) is 2.78. The van der Waals surface area contributed by atoms with Crippen LogP contribution in [0.5, 0.6) is 5.75 Å². The molecule has 0 spiro atoms. The number of anilines is 2. The highest BCUT2D eigenvalue weighted by atomic mass is 16.5. The molecule has 0 fully saturated rings. The molecule has 1 unspecified atom stereocenters. The van der Waals surface area contributed by atoms with Crippen molar-refractivity contribution in [2.24, 2.45) is 5.92 Å². The monoisotopic (exact) mass is 442 g/mol. The largest absolute Gasteiger partial charge is 0.497 e. The lowest BCUT2D eigenvalue weighted by molar-refractivity contribution is -0.124. The van der Waals surface area contributed by atoms with Gasteiger partial charge < -0.3 is 15.0 Å². The Kier molecular flexibility index (Phi) is 6.83. The topological polar surface area (TPSA) is 75.7 Å². The Morgan fingerprint density at radius 1 is 0.970 bits per heavy atom. The first-order valence-corrected chi connectivity index (χ1v) is 11.0. The standard InChI is InChI=1S/C27H26N2O4/c1-33-22-14-7-13-21(17-22)28-27(32)23(26(31)20-10-3-2-4-11-20)18-25(30)29-16-8-12-19-9-5-6-15-24(19)29/h2-7,9-11,13-15,17,23H,8,12,16,18H2,1H3,(H,28,32). The van der Waals surface area contributed by atoms with Crippen molar-refractivity contribution in [3.63, 3.8) is 0 Å². The molecule has 1 aliphatic heterocycles. The average Bonchev–Trinajstić information content (AvgIpc) is 2.87. The van der Waals surface area contributed by atoms with Gasteiger partial charge in [0.15, 0.2) is 5.78 Å². The molecule has 0 saturated heterocycles. The van der Waals surface area contributed by atoms with Crippen molar-refractivity contribution < 1.29 is 19.1 Å². The Morgan fingerprint density at radius 3 is 2.52 bits per heavy atom.